The first-order valence-corrected chi connectivity index (χ1v) is 16.7. The molecule has 2 heterocycles. The van der Waals surface area contributed by atoms with Gasteiger partial charge >= 0.3 is 0 Å². The van der Waals surface area contributed by atoms with Gasteiger partial charge in [-0.15, -0.1) is 0 Å². The Bertz CT molecular complexity index is 1570. The third kappa shape index (κ3) is 8.66. The topological polar surface area (TPSA) is 103 Å². The lowest BCUT2D eigenvalue weighted by Gasteiger charge is -2.36. The maximum atomic E-state index is 15.1. The third-order valence-corrected chi connectivity index (χ3v) is 10.2. The lowest BCUT2D eigenvalue weighted by molar-refractivity contribution is -0.116. The van der Waals surface area contributed by atoms with E-state index in [4.69, 9.17) is 0 Å². The first-order valence-electron chi connectivity index (χ1n) is 15.2. The van der Waals surface area contributed by atoms with Crippen molar-refractivity contribution in [3.05, 3.63) is 94.8 Å². The normalized spacial score (nSPS) is 18.9. The van der Waals surface area contributed by atoms with E-state index in [1.807, 2.05) is 0 Å². The molecule has 0 radical (unpaired) electrons. The monoisotopic (exact) mass is 647 g/mol. The minimum atomic E-state index is -3.76. The molecule has 242 valence electrons. The fourth-order valence-corrected chi connectivity index (χ4v) is 7.92. The summed E-state index contributed by atoms with van der Waals surface area (Å²) in [6, 6.07) is 7.66. The van der Waals surface area contributed by atoms with Crippen molar-refractivity contribution in [3.8, 4) is 0 Å². The summed E-state index contributed by atoms with van der Waals surface area (Å²) >= 11 is 0. The lowest BCUT2D eigenvalue weighted by atomic mass is 9.88. The number of pyridine rings is 1. The average Bonchev–Trinajstić information content (AvgIpc) is 3.00. The van der Waals surface area contributed by atoms with Crippen molar-refractivity contribution < 1.29 is 30.8 Å². The number of hydrogen-bond acceptors (Lipinski definition) is 5. The molecule has 3 aromatic rings. The highest BCUT2D eigenvalue weighted by Gasteiger charge is 2.34. The second-order valence-electron chi connectivity index (χ2n) is 11.7. The molecule has 0 spiro atoms. The van der Waals surface area contributed by atoms with E-state index in [-0.39, 0.29) is 48.7 Å². The van der Waals surface area contributed by atoms with Crippen LogP contribution in [0.2, 0.25) is 0 Å². The number of piperazine rings is 1. The Balaban J connectivity index is 1.31. The number of halogens is 4. The molecule has 5 rings (SSSR count). The maximum Gasteiger partial charge on any atom is 0.280 e. The van der Waals surface area contributed by atoms with Crippen molar-refractivity contribution in [3.63, 3.8) is 0 Å². The standard InChI is InChI=1S/C32H37F4N5O3S/c33-23-8-6-21(7-9-23)29(22-14-24(34)16-25(35)15-22)17-32(42)39-31-20-38-19-30(36)28(31)11-10-27-18-37-12-13-41(27)45(43,44)40-26-4-2-1-3-5-26/h6-9,14-16,19-20,26-27,29,37,40H,1-5,10-13,17-18H2,(H,39,42)/t27-,29-/m0/s1. The van der Waals surface area contributed by atoms with Crippen LogP contribution in [0.4, 0.5) is 23.2 Å². The summed E-state index contributed by atoms with van der Waals surface area (Å²) < 4.78 is 87.9. The molecular formula is C32H37F4N5O3S. The number of amides is 1. The van der Waals surface area contributed by atoms with Gasteiger partial charge in [-0.3, -0.25) is 9.78 Å². The summed E-state index contributed by atoms with van der Waals surface area (Å²) in [5.74, 6) is -4.22. The molecule has 2 aromatic carbocycles. The summed E-state index contributed by atoms with van der Waals surface area (Å²) in [6.07, 6.45) is 7.12. The van der Waals surface area contributed by atoms with Crippen LogP contribution in [0.15, 0.2) is 54.9 Å². The summed E-state index contributed by atoms with van der Waals surface area (Å²) in [7, 11) is -3.76. The van der Waals surface area contributed by atoms with Crippen LogP contribution in [0.25, 0.3) is 0 Å². The minimum absolute atomic E-state index is 0.0960. The van der Waals surface area contributed by atoms with E-state index in [2.05, 4.69) is 20.3 Å². The van der Waals surface area contributed by atoms with Crippen LogP contribution >= 0.6 is 0 Å². The molecule has 1 amide bonds. The number of anilines is 1. The van der Waals surface area contributed by atoms with E-state index in [0.717, 1.165) is 56.5 Å². The van der Waals surface area contributed by atoms with Crippen LogP contribution in [0, 0.1) is 23.3 Å². The molecule has 45 heavy (non-hydrogen) atoms. The van der Waals surface area contributed by atoms with Crippen molar-refractivity contribution in [2.24, 2.45) is 0 Å². The number of rotatable bonds is 11. The van der Waals surface area contributed by atoms with Gasteiger partial charge in [-0.1, -0.05) is 31.4 Å². The van der Waals surface area contributed by atoms with Crippen molar-refractivity contribution in [2.45, 2.75) is 69.4 Å². The van der Waals surface area contributed by atoms with Gasteiger partial charge in [0.1, 0.15) is 23.3 Å². The summed E-state index contributed by atoms with van der Waals surface area (Å²) in [6.45, 7) is 1.17. The van der Waals surface area contributed by atoms with Crippen LogP contribution < -0.4 is 15.4 Å². The molecule has 1 saturated heterocycles. The molecule has 13 heteroatoms. The highest BCUT2D eigenvalue weighted by molar-refractivity contribution is 7.87. The molecule has 1 aliphatic carbocycles. The van der Waals surface area contributed by atoms with Crippen LogP contribution in [-0.2, 0) is 21.4 Å². The van der Waals surface area contributed by atoms with E-state index in [0.29, 0.717) is 18.7 Å². The van der Waals surface area contributed by atoms with Crippen molar-refractivity contribution in [1.29, 1.82) is 0 Å². The van der Waals surface area contributed by atoms with Gasteiger partial charge in [0.15, 0.2) is 0 Å². The molecule has 1 aromatic heterocycles. The highest BCUT2D eigenvalue weighted by Crippen LogP contribution is 2.31. The van der Waals surface area contributed by atoms with Gasteiger partial charge < -0.3 is 10.6 Å². The van der Waals surface area contributed by atoms with E-state index < -0.39 is 51.3 Å². The fourth-order valence-electron chi connectivity index (χ4n) is 6.22. The molecule has 3 N–H and O–H groups in total. The summed E-state index contributed by atoms with van der Waals surface area (Å²) in [5.41, 5.74) is 0.917. The molecule has 0 unspecified atom stereocenters. The van der Waals surface area contributed by atoms with Gasteiger partial charge in [0, 0.05) is 55.7 Å². The zero-order chi connectivity index (χ0) is 32.0. The predicted molar refractivity (Wildman–Crippen MR) is 163 cm³/mol. The van der Waals surface area contributed by atoms with E-state index in [1.54, 1.807) is 0 Å². The molecule has 1 saturated carbocycles. The first kappa shape index (κ1) is 33.0. The Hall–Kier alpha value is -3.39. The van der Waals surface area contributed by atoms with E-state index in [9.17, 15) is 26.4 Å². The largest absolute Gasteiger partial charge is 0.324 e. The van der Waals surface area contributed by atoms with Gasteiger partial charge in [-0.2, -0.15) is 17.4 Å². The molecule has 2 aliphatic rings. The number of aromatic nitrogens is 1. The lowest BCUT2D eigenvalue weighted by Crippen LogP contribution is -2.58. The van der Waals surface area contributed by atoms with Gasteiger partial charge in [0.05, 0.1) is 18.1 Å². The van der Waals surface area contributed by atoms with Crippen molar-refractivity contribution in [2.75, 3.05) is 25.0 Å². The second kappa shape index (κ2) is 14.8. The quantitative estimate of drug-likeness (QED) is 0.249. The Morgan fingerprint density at radius 1 is 0.956 bits per heavy atom. The molecule has 2 fully saturated rings. The Morgan fingerprint density at radius 2 is 1.67 bits per heavy atom. The molecule has 2 atom stereocenters. The highest BCUT2D eigenvalue weighted by atomic mass is 32.2. The number of nitrogens with zero attached hydrogens (tertiary/aromatic N) is 2. The zero-order valence-electron chi connectivity index (χ0n) is 24.7. The fraction of sp³-hybridized carbons (Fsp3) is 0.438. The molecule has 8 nitrogen and oxygen atoms in total. The number of carbonyl (C=O) groups excluding carboxylic acids is 1. The third-order valence-electron chi connectivity index (χ3n) is 8.48. The molecular weight excluding hydrogens is 610 g/mol. The van der Waals surface area contributed by atoms with Crippen molar-refractivity contribution >= 4 is 21.8 Å². The minimum Gasteiger partial charge on any atom is -0.324 e. The Kier molecular flexibility index (Phi) is 10.9. The Morgan fingerprint density at radius 3 is 2.38 bits per heavy atom. The second-order valence-corrected chi connectivity index (χ2v) is 13.3. The number of benzene rings is 2. The SMILES string of the molecule is O=C(C[C@@H](c1ccc(F)cc1)c1cc(F)cc(F)c1)Nc1cncc(F)c1CC[C@H]1CNCCN1S(=O)(=O)NC1CCCCC1. The molecule has 0 bridgehead atoms. The Labute approximate surface area is 260 Å². The van der Waals surface area contributed by atoms with Crippen LogP contribution in [-0.4, -0.2) is 55.3 Å². The maximum absolute atomic E-state index is 15.1. The predicted octanol–water partition coefficient (Wildman–Crippen LogP) is 5.17. The van der Waals surface area contributed by atoms with Crippen LogP contribution in [0.5, 0.6) is 0 Å². The summed E-state index contributed by atoms with van der Waals surface area (Å²) in [4.78, 5) is 17.2. The summed E-state index contributed by atoms with van der Waals surface area (Å²) in [5, 5.41) is 5.90. The van der Waals surface area contributed by atoms with Gasteiger partial charge in [0.25, 0.3) is 10.2 Å². The first-order chi connectivity index (χ1) is 21.6. The number of hydrogen-bond donors (Lipinski definition) is 3. The number of carbonyl (C=O) groups is 1. The van der Waals surface area contributed by atoms with Gasteiger partial charge in [0.2, 0.25) is 5.91 Å². The van der Waals surface area contributed by atoms with E-state index in [1.165, 1.54) is 34.8 Å². The van der Waals surface area contributed by atoms with Gasteiger partial charge in [-0.05, 0) is 61.1 Å². The van der Waals surface area contributed by atoms with Gasteiger partial charge in [-0.25, -0.2) is 17.6 Å². The number of nitrogens with one attached hydrogen (secondary N) is 3. The zero-order valence-corrected chi connectivity index (χ0v) is 25.6. The van der Waals surface area contributed by atoms with Crippen molar-refractivity contribution in [1.82, 2.24) is 19.3 Å². The smallest absolute Gasteiger partial charge is 0.280 e. The average molecular weight is 648 g/mol. The van der Waals surface area contributed by atoms with E-state index >= 15 is 4.39 Å². The van der Waals surface area contributed by atoms with Crippen LogP contribution in [0.1, 0.15) is 67.6 Å². The molecule has 1 aliphatic heterocycles. The van der Waals surface area contributed by atoms with Crippen LogP contribution in [0.3, 0.4) is 0 Å².